The lowest BCUT2D eigenvalue weighted by Crippen LogP contribution is -2.50. The van der Waals surface area contributed by atoms with Crippen molar-refractivity contribution in [2.24, 2.45) is 0 Å². The van der Waals surface area contributed by atoms with E-state index in [0.29, 0.717) is 6.04 Å². The smallest absolute Gasteiger partial charge is 0.0830 e. The van der Waals surface area contributed by atoms with Gasteiger partial charge in [-0.1, -0.05) is 38.7 Å². The Morgan fingerprint density at radius 2 is 2.00 bits per heavy atom. The van der Waals surface area contributed by atoms with Crippen LogP contribution in [-0.2, 0) is 4.74 Å². The molecule has 1 aliphatic carbocycles. The second kappa shape index (κ2) is 8.71. The third kappa shape index (κ3) is 4.40. The fraction of sp³-hybridized carbons (Fsp3) is 0.875. The Kier molecular flexibility index (Phi) is 7.60. The Morgan fingerprint density at radius 3 is 2.56 bits per heavy atom. The predicted molar refractivity (Wildman–Crippen MR) is 79.0 cm³/mol. The number of likely N-dealkylation sites (N-methyl/N-ethyl adjacent to an activating group) is 1. The SMILES string of the molecule is C=CCCCCCC(NCC)C1(OC)CCCC1. The highest BCUT2D eigenvalue weighted by atomic mass is 16.5. The van der Waals surface area contributed by atoms with Crippen molar-refractivity contribution in [2.75, 3.05) is 13.7 Å². The summed E-state index contributed by atoms with van der Waals surface area (Å²) < 4.78 is 5.91. The number of unbranched alkanes of at least 4 members (excludes halogenated alkanes) is 3. The van der Waals surface area contributed by atoms with Gasteiger partial charge in [-0.25, -0.2) is 0 Å². The van der Waals surface area contributed by atoms with Crippen molar-refractivity contribution < 1.29 is 4.74 Å². The lowest BCUT2D eigenvalue weighted by Gasteiger charge is -2.37. The Morgan fingerprint density at radius 1 is 1.28 bits per heavy atom. The molecule has 0 amide bonds. The highest BCUT2D eigenvalue weighted by molar-refractivity contribution is 4.96. The molecule has 0 radical (unpaired) electrons. The van der Waals surface area contributed by atoms with E-state index < -0.39 is 0 Å². The van der Waals surface area contributed by atoms with Crippen LogP contribution in [0.15, 0.2) is 12.7 Å². The molecule has 1 atom stereocenters. The zero-order chi connectivity index (χ0) is 13.3. The van der Waals surface area contributed by atoms with Crippen molar-refractivity contribution in [1.29, 1.82) is 0 Å². The van der Waals surface area contributed by atoms with Crippen LogP contribution >= 0.6 is 0 Å². The molecule has 0 bridgehead atoms. The number of ether oxygens (including phenoxy) is 1. The first-order valence-corrected chi connectivity index (χ1v) is 7.68. The van der Waals surface area contributed by atoms with Crippen LogP contribution in [0.2, 0.25) is 0 Å². The Bertz CT molecular complexity index is 221. The maximum absolute atomic E-state index is 5.91. The second-order valence-corrected chi connectivity index (χ2v) is 5.51. The summed E-state index contributed by atoms with van der Waals surface area (Å²) >= 11 is 0. The Labute approximate surface area is 113 Å². The quantitative estimate of drug-likeness (QED) is 0.468. The molecular weight excluding hydrogens is 222 g/mol. The fourth-order valence-electron chi connectivity index (χ4n) is 3.28. The van der Waals surface area contributed by atoms with Gasteiger partial charge in [-0.15, -0.1) is 6.58 Å². The Hall–Kier alpha value is -0.340. The molecule has 106 valence electrons. The van der Waals surface area contributed by atoms with E-state index in [1.54, 1.807) is 0 Å². The van der Waals surface area contributed by atoms with Crippen LogP contribution in [0.1, 0.15) is 64.7 Å². The van der Waals surface area contributed by atoms with Crippen LogP contribution in [-0.4, -0.2) is 25.3 Å². The van der Waals surface area contributed by atoms with Crippen LogP contribution in [0.4, 0.5) is 0 Å². The summed E-state index contributed by atoms with van der Waals surface area (Å²) in [5.41, 5.74) is 0.119. The topological polar surface area (TPSA) is 21.3 Å². The molecule has 1 N–H and O–H groups in total. The molecule has 0 aromatic heterocycles. The summed E-state index contributed by atoms with van der Waals surface area (Å²) in [6.45, 7) is 7.02. The minimum atomic E-state index is 0.119. The summed E-state index contributed by atoms with van der Waals surface area (Å²) in [6, 6.07) is 0.540. The molecule has 2 heteroatoms. The third-order valence-corrected chi connectivity index (χ3v) is 4.34. The molecule has 2 nitrogen and oxygen atoms in total. The maximum atomic E-state index is 5.91. The first-order valence-electron chi connectivity index (χ1n) is 7.68. The molecule has 0 saturated heterocycles. The zero-order valence-corrected chi connectivity index (χ0v) is 12.3. The first kappa shape index (κ1) is 15.7. The van der Waals surface area contributed by atoms with Gasteiger partial charge < -0.3 is 10.1 Å². The third-order valence-electron chi connectivity index (χ3n) is 4.34. The van der Waals surface area contributed by atoms with Crippen LogP contribution in [0, 0.1) is 0 Å². The molecule has 1 unspecified atom stereocenters. The van der Waals surface area contributed by atoms with Gasteiger partial charge in [0.1, 0.15) is 0 Å². The standard InChI is InChI=1S/C16H31NO/c1-4-6-7-8-9-12-15(17-5-2)16(18-3)13-10-11-14-16/h4,15,17H,1,5-14H2,2-3H3. The monoisotopic (exact) mass is 253 g/mol. The molecule has 0 aromatic rings. The van der Waals surface area contributed by atoms with Gasteiger partial charge in [-0.2, -0.15) is 0 Å². The van der Waals surface area contributed by atoms with Gasteiger partial charge in [-0.3, -0.25) is 0 Å². The zero-order valence-electron chi connectivity index (χ0n) is 12.3. The summed E-state index contributed by atoms with van der Waals surface area (Å²) in [5.74, 6) is 0. The van der Waals surface area contributed by atoms with Gasteiger partial charge >= 0.3 is 0 Å². The van der Waals surface area contributed by atoms with Gasteiger partial charge in [0.2, 0.25) is 0 Å². The van der Waals surface area contributed by atoms with Crippen LogP contribution in [0.3, 0.4) is 0 Å². The van der Waals surface area contributed by atoms with E-state index in [9.17, 15) is 0 Å². The van der Waals surface area contributed by atoms with E-state index in [4.69, 9.17) is 4.74 Å². The normalized spacial score (nSPS) is 19.9. The van der Waals surface area contributed by atoms with E-state index in [1.165, 1.54) is 51.4 Å². The largest absolute Gasteiger partial charge is 0.377 e. The second-order valence-electron chi connectivity index (χ2n) is 5.51. The molecule has 0 heterocycles. The lowest BCUT2D eigenvalue weighted by molar-refractivity contribution is -0.0379. The van der Waals surface area contributed by atoms with Crippen LogP contribution in [0.25, 0.3) is 0 Å². The van der Waals surface area contributed by atoms with E-state index in [-0.39, 0.29) is 5.60 Å². The van der Waals surface area contributed by atoms with Crippen molar-refractivity contribution in [3.63, 3.8) is 0 Å². The highest BCUT2D eigenvalue weighted by Crippen LogP contribution is 2.37. The number of nitrogens with one attached hydrogen (secondary N) is 1. The van der Waals surface area contributed by atoms with Crippen molar-refractivity contribution in [3.05, 3.63) is 12.7 Å². The average Bonchev–Trinajstić information content (AvgIpc) is 2.87. The number of hydrogen-bond donors (Lipinski definition) is 1. The predicted octanol–water partition coefficient (Wildman–Crippen LogP) is 4.06. The van der Waals surface area contributed by atoms with Crippen molar-refractivity contribution in [3.8, 4) is 0 Å². The lowest BCUT2D eigenvalue weighted by atomic mass is 9.88. The minimum Gasteiger partial charge on any atom is -0.377 e. The summed E-state index contributed by atoms with van der Waals surface area (Å²) in [5, 5.41) is 3.66. The van der Waals surface area contributed by atoms with Crippen LogP contribution in [0.5, 0.6) is 0 Å². The first-order chi connectivity index (χ1) is 8.79. The molecule has 0 aliphatic heterocycles. The van der Waals surface area contributed by atoms with Crippen LogP contribution < -0.4 is 5.32 Å². The van der Waals surface area contributed by atoms with Gasteiger partial charge in [0.25, 0.3) is 0 Å². The average molecular weight is 253 g/mol. The van der Waals surface area contributed by atoms with Gasteiger partial charge in [0.15, 0.2) is 0 Å². The summed E-state index contributed by atoms with van der Waals surface area (Å²) in [6.07, 6.45) is 13.4. The van der Waals surface area contributed by atoms with Gasteiger partial charge in [0, 0.05) is 13.2 Å². The number of methoxy groups -OCH3 is 1. The molecule has 0 spiro atoms. The highest BCUT2D eigenvalue weighted by Gasteiger charge is 2.40. The van der Waals surface area contributed by atoms with Crippen molar-refractivity contribution >= 4 is 0 Å². The van der Waals surface area contributed by atoms with Crippen molar-refractivity contribution in [2.45, 2.75) is 76.4 Å². The molecule has 0 aromatic carbocycles. The molecule has 1 aliphatic rings. The summed E-state index contributed by atoms with van der Waals surface area (Å²) in [4.78, 5) is 0. The molecule has 18 heavy (non-hydrogen) atoms. The molecule has 1 fully saturated rings. The number of rotatable bonds is 10. The fourth-order valence-corrected chi connectivity index (χ4v) is 3.28. The van der Waals surface area contributed by atoms with E-state index in [1.807, 2.05) is 13.2 Å². The summed E-state index contributed by atoms with van der Waals surface area (Å²) in [7, 11) is 1.90. The van der Waals surface area contributed by atoms with Crippen molar-refractivity contribution in [1.82, 2.24) is 5.32 Å². The van der Waals surface area contributed by atoms with E-state index in [0.717, 1.165) is 13.0 Å². The Balaban J connectivity index is 2.40. The maximum Gasteiger partial charge on any atom is 0.0830 e. The molecule has 1 saturated carbocycles. The van der Waals surface area contributed by atoms with Gasteiger partial charge in [0.05, 0.1) is 5.60 Å². The minimum absolute atomic E-state index is 0.119. The number of hydrogen-bond acceptors (Lipinski definition) is 2. The number of allylic oxidation sites excluding steroid dienone is 1. The van der Waals surface area contributed by atoms with Gasteiger partial charge in [-0.05, 0) is 38.6 Å². The van der Waals surface area contributed by atoms with E-state index >= 15 is 0 Å². The molecule has 1 rings (SSSR count). The molecular formula is C16H31NO. The van der Waals surface area contributed by atoms with E-state index in [2.05, 4.69) is 18.8 Å².